The van der Waals surface area contributed by atoms with Gasteiger partial charge in [0, 0.05) is 43.3 Å². The van der Waals surface area contributed by atoms with Crippen LogP contribution in [0.25, 0.3) is 78.0 Å². The maximum atomic E-state index is 6.37. The molecule has 8 rings (SSSR count). The maximum Gasteiger partial charge on any atom is 0.164 e. The van der Waals surface area contributed by atoms with Crippen LogP contribution in [0.4, 0.5) is 0 Å². The fourth-order valence-electron chi connectivity index (χ4n) is 5.30. The maximum absolute atomic E-state index is 6.37. The van der Waals surface area contributed by atoms with E-state index < -0.39 is 0 Å². The highest BCUT2D eigenvalue weighted by Crippen LogP contribution is 2.39. The molecule has 3 heterocycles. The molecule has 0 unspecified atom stereocenters. The summed E-state index contributed by atoms with van der Waals surface area (Å²) >= 11 is 6.37. The van der Waals surface area contributed by atoms with Crippen LogP contribution < -0.4 is 0 Å². The molecular weight excluding hydrogens is 506 g/mol. The number of halogens is 1. The van der Waals surface area contributed by atoms with Crippen molar-refractivity contribution in [1.82, 2.24) is 15.0 Å². The predicted octanol–water partition coefficient (Wildman–Crippen LogP) is 9.32. The third kappa shape index (κ3) is 3.51. The summed E-state index contributed by atoms with van der Waals surface area (Å²) in [4.78, 5) is 15.0. The molecule has 0 spiro atoms. The Hall–Kier alpha value is -5.00. The lowest BCUT2D eigenvalue weighted by atomic mass is 10.0. The molecule has 0 aliphatic rings. The van der Waals surface area contributed by atoms with E-state index in [4.69, 9.17) is 35.4 Å². The monoisotopic (exact) mass is 523 g/mol. The number of hydrogen-bond donors (Lipinski definition) is 0. The summed E-state index contributed by atoms with van der Waals surface area (Å²) in [7, 11) is 0. The van der Waals surface area contributed by atoms with Crippen LogP contribution in [0.5, 0.6) is 0 Å². The summed E-state index contributed by atoms with van der Waals surface area (Å²) in [5, 5.41) is 4.57. The Morgan fingerprint density at radius 3 is 1.51 bits per heavy atom. The van der Waals surface area contributed by atoms with Gasteiger partial charge in [-0.05, 0) is 36.4 Å². The Bertz CT molecular complexity index is 2080. The molecule has 8 aromatic rings. The Morgan fingerprint density at radius 2 is 0.949 bits per heavy atom. The molecule has 0 fully saturated rings. The first-order chi connectivity index (χ1) is 19.2. The van der Waals surface area contributed by atoms with E-state index in [9.17, 15) is 0 Å². The number of fused-ring (bicyclic) bond motifs is 6. The molecule has 0 amide bonds. The van der Waals surface area contributed by atoms with Crippen LogP contribution in [0.3, 0.4) is 0 Å². The molecule has 184 valence electrons. The summed E-state index contributed by atoms with van der Waals surface area (Å²) < 4.78 is 12.3. The van der Waals surface area contributed by atoms with E-state index in [2.05, 4.69) is 12.1 Å². The zero-order valence-electron chi connectivity index (χ0n) is 20.4. The van der Waals surface area contributed by atoms with Crippen LogP contribution in [0, 0.1) is 0 Å². The number of aromatic nitrogens is 3. The van der Waals surface area contributed by atoms with Crippen molar-refractivity contribution in [2.24, 2.45) is 0 Å². The van der Waals surface area contributed by atoms with Gasteiger partial charge in [-0.25, -0.2) is 15.0 Å². The van der Waals surface area contributed by atoms with Gasteiger partial charge in [0.25, 0.3) is 0 Å². The Labute approximate surface area is 227 Å². The number of nitrogens with zero attached hydrogens (tertiary/aromatic N) is 3. The highest BCUT2D eigenvalue weighted by molar-refractivity contribution is 6.30. The minimum atomic E-state index is 0.534. The molecule has 0 bridgehead atoms. The average molecular weight is 524 g/mol. The topological polar surface area (TPSA) is 65.0 Å². The SMILES string of the molecule is Clc1cccc(-c2nc(-c3cccc4oc5ccccc5c34)nc(-c3cccc4oc5ccccc5c34)n2)c1. The molecule has 5 nitrogen and oxygen atoms in total. The van der Waals surface area contributed by atoms with Crippen molar-refractivity contribution in [3.05, 3.63) is 114 Å². The van der Waals surface area contributed by atoms with E-state index in [0.717, 1.165) is 60.6 Å². The summed E-state index contributed by atoms with van der Waals surface area (Å²) in [5.74, 6) is 1.64. The molecule has 0 N–H and O–H groups in total. The summed E-state index contributed by atoms with van der Waals surface area (Å²) in [6.07, 6.45) is 0. The third-order valence-electron chi connectivity index (χ3n) is 7.01. The van der Waals surface area contributed by atoms with E-state index in [-0.39, 0.29) is 0 Å². The lowest BCUT2D eigenvalue weighted by molar-refractivity contribution is 0.668. The molecule has 0 aliphatic heterocycles. The second kappa shape index (κ2) is 8.51. The zero-order valence-corrected chi connectivity index (χ0v) is 21.2. The zero-order chi connectivity index (χ0) is 25.9. The lowest BCUT2D eigenvalue weighted by Crippen LogP contribution is -2.00. The first kappa shape index (κ1) is 22.0. The van der Waals surface area contributed by atoms with E-state index in [1.165, 1.54) is 0 Å². The van der Waals surface area contributed by atoms with Gasteiger partial charge in [-0.3, -0.25) is 0 Å². The number of para-hydroxylation sites is 2. The Kier molecular flexibility index (Phi) is 4.81. The molecule has 0 aliphatic carbocycles. The van der Waals surface area contributed by atoms with Crippen LogP contribution in [-0.4, -0.2) is 15.0 Å². The minimum Gasteiger partial charge on any atom is -0.456 e. The molecular formula is C33H18ClN3O2. The van der Waals surface area contributed by atoms with Crippen LogP contribution >= 0.6 is 11.6 Å². The first-order valence-corrected chi connectivity index (χ1v) is 12.9. The van der Waals surface area contributed by atoms with Gasteiger partial charge in [-0.1, -0.05) is 84.4 Å². The summed E-state index contributed by atoms with van der Waals surface area (Å²) in [5.41, 5.74) is 5.74. The Morgan fingerprint density at radius 1 is 0.462 bits per heavy atom. The molecule has 5 aromatic carbocycles. The molecule has 0 radical (unpaired) electrons. The van der Waals surface area contributed by atoms with Gasteiger partial charge >= 0.3 is 0 Å². The van der Waals surface area contributed by atoms with E-state index in [1.807, 2.05) is 97.1 Å². The van der Waals surface area contributed by atoms with Crippen molar-refractivity contribution in [2.45, 2.75) is 0 Å². The minimum absolute atomic E-state index is 0.534. The highest BCUT2D eigenvalue weighted by atomic mass is 35.5. The van der Waals surface area contributed by atoms with Gasteiger partial charge in [0.05, 0.1) is 0 Å². The smallest absolute Gasteiger partial charge is 0.164 e. The standard InChI is InChI=1S/C33H18ClN3O2/c34-20-9-5-8-19(18-20)31-35-32(23-12-6-16-27-29(23)21-10-1-3-14-25(21)38-27)37-33(36-31)24-13-7-17-28-30(24)22-11-2-4-15-26(22)39-28/h1-18H. The van der Waals surface area contributed by atoms with Gasteiger partial charge in [-0.2, -0.15) is 0 Å². The molecule has 6 heteroatoms. The van der Waals surface area contributed by atoms with E-state index in [1.54, 1.807) is 0 Å². The van der Waals surface area contributed by atoms with Gasteiger partial charge in [0.1, 0.15) is 22.3 Å². The first-order valence-electron chi connectivity index (χ1n) is 12.6. The summed E-state index contributed by atoms with van der Waals surface area (Å²) in [6, 6.07) is 35.5. The fourth-order valence-corrected chi connectivity index (χ4v) is 5.49. The molecule has 0 saturated heterocycles. The van der Waals surface area contributed by atoms with Crippen molar-refractivity contribution in [3.63, 3.8) is 0 Å². The second-order valence-corrected chi connectivity index (χ2v) is 9.81. The predicted molar refractivity (Wildman–Crippen MR) is 156 cm³/mol. The number of furan rings is 2. The van der Waals surface area contributed by atoms with Crippen LogP contribution in [0.15, 0.2) is 118 Å². The van der Waals surface area contributed by atoms with Gasteiger partial charge in [0.2, 0.25) is 0 Å². The molecule has 39 heavy (non-hydrogen) atoms. The second-order valence-electron chi connectivity index (χ2n) is 9.37. The van der Waals surface area contributed by atoms with Gasteiger partial charge in [0.15, 0.2) is 17.5 Å². The lowest BCUT2D eigenvalue weighted by Gasteiger charge is -2.10. The number of benzene rings is 5. The van der Waals surface area contributed by atoms with E-state index >= 15 is 0 Å². The average Bonchev–Trinajstić information content (AvgIpc) is 3.55. The van der Waals surface area contributed by atoms with Gasteiger partial charge < -0.3 is 8.83 Å². The fraction of sp³-hybridized carbons (Fsp3) is 0. The van der Waals surface area contributed by atoms with Gasteiger partial charge in [-0.15, -0.1) is 0 Å². The molecule has 0 atom stereocenters. The number of hydrogen-bond acceptors (Lipinski definition) is 5. The summed E-state index contributed by atoms with van der Waals surface area (Å²) in [6.45, 7) is 0. The van der Waals surface area contributed by atoms with Crippen molar-refractivity contribution >= 4 is 55.5 Å². The molecule has 0 saturated carbocycles. The largest absolute Gasteiger partial charge is 0.456 e. The van der Waals surface area contributed by atoms with Crippen molar-refractivity contribution < 1.29 is 8.83 Å². The third-order valence-corrected chi connectivity index (χ3v) is 7.24. The van der Waals surface area contributed by atoms with Crippen LogP contribution in [-0.2, 0) is 0 Å². The van der Waals surface area contributed by atoms with Crippen molar-refractivity contribution in [2.75, 3.05) is 0 Å². The van der Waals surface area contributed by atoms with Crippen molar-refractivity contribution in [3.8, 4) is 34.2 Å². The van der Waals surface area contributed by atoms with Crippen LogP contribution in [0.2, 0.25) is 5.02 Å². The molecule has 3 aromatic heterocycles. The van der Waals surface area contributed by atoms with Crippen LogP contribution in [0.1, 0.15) is 0 Å². The normalized spacial score (nSPS) is 11.7. The Balaban J connectivity index is 1.46. The number of rotatable bonds is 3. The van der Waals surface area contributed by atoms with E-state index in [0.29, 0.717) is 22.5 Å². The highest BCUT2D eigenvalue weighted by Gasteiger charge is 2.20. The van der Waals surface area contributed by atoms with Crippen molar-refractivity contribution in [1.29, 1.82) is 0 Å². The quantitative estimate of drug-likeness (QED) is 0.231.